The van der Waals surface area contributed by atoms with Gasteiger partial charge in [0, 0.05) is 23.5 Å². The van der Waals surface area contributed by atoms with Gasteiger partial charge in [0.05, 0.1) is 0 Å². The number of rotatable bonds is 5. The van der Waals surface area contributed by atoms with E-state index in [-0.39, 0.29) is 11.8 Å². The molecule has 0 heterocycles. The maximum Gasteiger partial charge on any atom is 0.224 e. The second kappa shape index (κ2) is 6.66. The molecule has 0 aromatic heterocycles. The first kappa shape index (κ1) is 13.2. The van der Waals surface area contributed by atoms with Crippen LogP contribution in [-0.4, -0.2) is 19.5 Å². The number of halogens is 1. The Labute approximate surface area is 105 Å². The van der Waals surface area contributed by atoms with Crippen molar-refractivity contribution >= 4 is 21.8 Å². The summed E-state index contributed by atoms with van der Waals surface area (Å²) >= 11 is 3.45. The maximum absolute atomic E-state index is 11.7. The van der Waals surface area contributed by atoms with Crippen LogP contribution in [0, 0.1) is 5.92 Å². The minimum absolute atomic E-state index is 0.00696. The fourth-order valence-electron chi connectivity index (χ4n) is 1.40. The molecule has 1 atom stereocenters. The van der Waals surface area contributed by atoms with E-state index in [1.807, 2.05) is 38.2 Å². The first-order valence-electron chi connectivity index (χ1n) is 5.31. The number of carbonyl (C=O) groups excluding carboxylic acids is 1. The number of nitrogens with one attached hydrogen (secondary N) is 2. The molecule has 1 aromatic carbocycles. The number of amides is 1. The Kier molecular flexibility index (Phi) is 5.49. The number of hydrogen-bond acceptors (Lipinski definition) is 2. The van der Waals surface area contributed by atoms with Crippen LogP contribution in [0.25, 0.3) is 0 Å². The standard InChI is InChI=1S/C12H17BrN2O/c1-9(7-14-2)12(16)15-8-10-5-3-4-6-11(10)13/h3-6,9,14H,7-8H2,1-2H3,(H,15,16). The minimum Gasteiger partial charge on any atom is -0.352 e. The second-order valence-corrected chi connectivity index (χ2v) is 4.62. The lowest BCUT2D eigenvalue weighted by molar-refractivity contribution is -0.124. The van der Waals surface area contributed by atoms with Gasteiger partial charge >= 0.3 is 0 Å². The Hall–Kier alpha value is -0.870. The van der Waals surface area contributed by atoms with Crippen LogP contribution in [0.2, 0.25) is 0 Å². The highest BCUT2D eigenvalue weighted by atomic mass is 79.9. The average Bonchev–Trinajstić information content (AvgIpc) is 2.28. The minimum atomic E-state index is -0.00696. The van der Waals surface area contributed by atoms with Gasteiger partial charge in [-0.05, 0) is 18.7 Å². The Morgan fingerprint density at radius 3 is 2.75 bits per heavy atom. The van der Waals surface area contributed by atoms with E-state index in [9.17, 15) is 4.79 Å². The Balaban J connectivity index is 2.46. The molecule has 2 N–H and O–H groups in total. The molecule has 0 saturated carbocycles. The van der Waals surface area contributed by atoms with Crippen LogP contribution in [0.1, 0.15) is 12.5 Å². The summed E-state index contributed by atoms with van der Waals surface area (Å²) in [4.78, 5) is 11.7. The molecule has 1 unspecified atom stereocenters. The lowest BCUT2D eigenvalue weighted by Crippen LogP contribution is -2.33. The van der Waals surface area contributed by atoms with Gasteiger partial charge < -0.3 is 10.6 Å². The van der Waals surface area contributed by atoms with Crippen LogP contribution in [0.4, 0.5) is 0 Å². The molecule has 16 heavy (non-hydrogen) atoms. The molecule has 1 amide bonds. The largest absolute Gasteiger partial charge is 0.352 e. The predicted molar refractivity (Wildman–Crippen MR) is 69.1 cm³/mol. The van der Waals surface area contributed by atoms with Gasteiger partial charge in [-0.15, -0.1) is 0 Å². The molecular weight excluding hydrogens is 268 g/mol. The highest BCUT2D eigenvalue weighted by molar-refractivity contribution is 9.10. The Bertz CT molecular complexity index is 355. The van der Waals surface area contributed by atoms with Crippen LogP contribution in [0.15, 0.2) is 28.7 Å². The summed E-state index contributed by atoms with van der Waals surface area (Å²) < 4.78 is 1.02. The van der Waals surface area contributed by atoms with Crippen molar-refractivity contribution in [3.05, 3.63) is 34.3 Å². The van der Waals surface area contributed by atoms with Crippen molar-refractivity contribution in [3.63, 3.8) is 0 Å². The number of carbonyl (C=O) groups is 1. The number of benzene rings is 1. The van der Waals surface area contributed by atoms with Crippen molar-refractivity contribution in [1.82, 2.24) is 10.6 Å². The zero-order valence-corrected chi connectivity index (χ0v) is 11.2. The van der Waals surface area contributed by atoms with Gasteiger partial charge in [-0.2, -0.15) is 0 Å². The van der Waals surface area contributed by atoms with Gasteiger partial charge in [-0.3, -0.25) is 4.79 Å². The van der Waals surface area contributed by atoms with Gasteiger partial charge in [0.1, 0.15) is 0 Å². The van der Waals surface area contributed by atoms with Crippen molar-refractivity contribution in [2.75, 3.05) is 13.6 Å². The van der Waals surface area contributed by atoms with Crippen molar-refractivity contribution in [2.45, 2.75) is 13.5 Å². The lowest BCUT2D eigenvalue weighted by atomic mass is 10.1. The number of hydrogen-bond donors (Lipinski definition) is 2. The quantitative estimate of drug-likeness (QED) is 0.868. The Morgan fingerprint density at radius 1 is 1.44 bits per heavy atom. The molecule has 1 rings (SSSR count). The molecule has 0 saturated heterocycles. The van der Waals surface area contributed by atoms with Crippen LogP contribution < -0.4 is 10.6 Å². The van der Waals surface area contributed by atoms with E-state index in [2.05, 4.69) is 26.6 Å². The van der Waals surface area contributed by atoms with Gasteiger partial charge in [0.25, 0.3) is 0 Å². The third-order valence-corrected chi connectivity index (χ3v) is 3.14. The molecule has 0 radical (unpaired) electrons. The van der Waals surface area contributed by atoms with E-state index >= 15 is 0 Å². The molecule has 4 heteroatoms. The summed E-state index contributed by atoms with van der Waals surface area (Å²) in [6, 6.07) is 7.88. The average molecular weight is 285 g/mol. The maximum atomic E-state index is 11.7. The molecule has 3 nitrogen and oxygen atoms in total. The van der Waals surface area contributed by atoms with Crippen LogP contribution in [-0.2, 0) is 11.3 Å². The summed E-state index contributed by atoms with van der Waals surface area (Å²) in [7, 11) is 1.84. The zero-order chi connectivity index (χ0) is 12.0. The molecule has 0 aliphatic heterocycles. The Morgan fingerprint density at radius 2 is 2.12 bits per heavy atom. The normalized spacial score (nSPS) is 12.2. The first-order valence-corrected chi connectivity index (χ1v) is 6.10. The zero-order valence-electron chi connectivity index (χ0n) is 9.59. The van der Waals surface area contributed by atoms with E-state index in [4.69, 9.17) is 0 Å². The van der Waals surface area contributed by atoms with E-state index in [1.54, 1.807) is 0 Å². The highest BCUT2D eigenvalue weighted by Crippen LogP contribution is 2.15. The smallest absolute Gasteiger partial charge is 0.224 e. The molecule has 0 fully saturated rings. The second-order valence-electron chi connectivity index (χ2n) is 3.77. The van der Waals surface area contributed by atoms with Crippen molar-refractivity contribution in [2.24, 2.45) is 5.92 Å². The van der Waals surface area contributed by atoms with Crippen LogP contribution in [0.5, 0.6) is 0 Å². The summed E-state index contributed by atoms with van der Waals surface area (Å²) in [5.74, 6) is 0.0672. The van der Waals surface area contributed by atoms with Gasteiger partial charge in [0.2, 0.25) is 5.91 Å². The van der Waals surface area contributed by atoms with Gasteiger partial charge in [-0.25, -0.2) is 0 Å². The topological polar surface area (TPSA) is 41.1 Å². The summed E-state index contributed by atoms with van der Waals surface area (Å²) in [6.45, 7) is 3.17. The molecule has 88 valence electrons. The first-order chi connectivity index (χ1) is 7.65. The predicted octanol–water partition coefficient (Wildman–Crippen LogP) is 1.92. The van der Waals surface area contributed by atoms with Crippen molar-refractivity contribution in [1.29, 1.82) is 0 Å². The molecular formula is C12H17BrN2O. The van der Waals surface area contributed by atoms with Gasteiger partial charge in [0.15, 0.2) is 0 Å². The van der Waals surface area contributed by atoms with E-state index < -0.39 is 0 Å². The molecule has 1 aromatic rings. The van der Waals surface area contributed by atoms with E-state index in [1.165, 1.54) is 0 Å². The summed E-state index contributed by atoms with van der Waals surface area (Å²) in [6.07, 6.45) is 0. The van der Waals surface area contributed by atoms with Gasteiger partial charge in [-0.1, -0.05) is 41.1 Å². The van der Waals surface area contributed by atoms with Crippen LogP contribution in [0.3, 0.4) is 0 Å². The molecule has 0 spiro atoms. The monoisotopic (exact) mass is 284 g/mol. The lowest BCUT2D eigenvalue weighted by Gasteiger charge is -2.12. The summed E-state index contributed by atoms with van der Waals surface area (Å²) in [5.41, 5.74) is 1.09. The fourth-order valence-corrected chi connectivity index (χ4v) is 1.82. The van der Waals surface area contributed by atoms with E-state index in [0.717, 1.165) is 10.0 Å². The molecule has 0 bridgehead atoms. The van der Waals surface area contributed by atoms with Crippen molar-refractivity contribution in [3.8, 4) is 0 Å². The third-order valence-electron chi connectivity index (χ3n) is 2.37. The SMILES string of the molecule is CNCC(C)C(=O)NCc1ccccc1Br. The van der Waals surface area contributed by atoms with E-state index in [0.29, 0.717) is 13.1 Å². The highest BCUT2D eigenvalue weighted by Gasteiger charge is 2.11. The molecule has 0 aliphatic carbocycles. The fraction of sp³-hybridized carbons (Fsp3) is 0.417. The third kappa shape index (κ3) is 3.94. The summed E-state index contributed by atoms with van der Waals surface area (Å²) in [5, 5.41) is 5.90. The van der Waals surface area contributed by atoms with Crippen LogP contribution >= 0.6 is 15.9 Å². The van der Waals surface area contributed by atoms with Crippen molar-refractivity contribution < 1.29 is 4.79 Å². The molecule has 0 aliphatic rings.